The molecule has 5 N–H and O–H groups in total. The fourth-order valence-electron chi connectivity index (χ4n) is 2.87. The standard InChI is InChI=1S/C17H40N2O8SSi/c1-4-5-6-10-19(2,3)11-8-13-29(25,26)27-16-17(14-20,15-21)18-9-7-12-28(22,23)24/h18,20-21,25-26H,4-16H2,1-3H3. The Morgan fingerprint density at radius 2 is 1.66 bits per heavy atom. The molecule has 176 valence electrons. The molecule has 0 aromatic carbocycles. The monoisotopic (exact) mass is 460 g/mol. The van der Waals surface area contributed by atoms with Gasteiger partial charge in [0.2, 0.25) is 0 Å². The minimum atomic E-state index is -4.34. The van der Waals surface area contributed by atoms with E-state index in [4.69, 9.17) is 4.43 Å². The van der Waals surface area contributed by atoms with Gasteiger partial charge in [0.1, 0.15) is 0 Å². The van der Waals surface area contributed by atoms with Gasteiger partial charge in [-0.25, -0.2) is 8.42 Å². The molecule has 12 heteroatoms. The van der Waals surface area contributed by atoms with Crippen LogP contribution in [0.4, 0.5) is 0 Å². The second-order valence-electron chi connectivity index (χ2n) is 8.36. The van der Waals surface area contributed by atoms with Crippen molar-refractivity contribution in [2.75, 3.05) is 59.3 Å². The Morgan fingerprint density at radius 3 is 2.17 bits per heavy atom. The molecule has 0 fully saturated rings. The average Bonchev–Trinajstić information content (AvgIpc) is 2.60. The van der Waals surface area contributed by atoms with Crippen molar-refractivity contribution < 1.29 is 41.7 Å². The lowest BCUT2D eigenvalue weighted by molar-refractivity contribution is -0.890. The van der Waals surface area contributed by atoms with E-state index in [1.165, 1.54) is 6.42 Å². The van der Waals surface area contributed by atoms with Gasteiger partial charge in [-0.1, -0.05) is 13.3 Å². The van der Waals surface area contributed by atoms with Crippen molar-refractivity contribution >= 4 is 18.9 Å². The molecule has 0 aliphatic heterocycles. The van der Waals surface area contributed by atoms with E-state index in [0.29, 0.717) is 6.42 Å². The topological polar surface area (TPSA) is 159 Å². The number of hydrogen-bond acceptors (Lipinski definition) is 9. The predicted molar refractivity (Wildman–Crippen MR) is 111 cm³/mol. The Labute approximate surface area is 176 Å². The van der Waals surface area contributed by atoms with E-state index in [9.17, 15) is 32.8 Å². The maximum Gasteiger partial charge on any atom is 0.495 e. The lowest BCUT2D eigenvalue weighted by Crippen LogP contribution is -2.58. The molecule has 0 rings (SSSR count). The van der Waals surface area contributed by atoms with Crippen LogP contribution in [0.15, 0.2) is 0 Å². The summed E-state index contributed by atoms with van der Waals surface area (Å²) in [7, 11) is -4.12. The molecule has 0 spiro atoms. The maximum absolute atomic E-state index is 10.6. The summed E-state index contributed by atoms with van der Waals surface area (Å²) in [6.07, 6.45) is 4.00. The van der Waals surface area contributed by atoms with Gasteiger partial charge in [0, 0.05) is 18.2 Å². The Bertz CT molecular complexity index is 542. The summed E-state index contributed by atoms with van der Waals surface area (Å²) in [5.41, 5.74) is -1.36. The molecule has 0 saturated heterocycles. The van der Waals surface area contributed by atoms with Gasteiger partial charge in [-0.05, 0) is 25.8 Å². The zero-order valence-corrected chi connectivity index (χ0v) is 19.8. The van der Waals surface area contributed by atoms with Gasteiger partial charge < -0.3 is 38.6 Å². The summed E-state index contributed by atoms with van der Waals surface area (Å²) >= 11 is 0. The number of rotatable bonds is 18. The van der Waals surface area contributed by atoms with Crippen LogP contribution >= 0.6 is 0 Å². The normalized spacial score (nSPS) is 13.8. The van der Waals surface area contributed by atoms with E-state index < -0.39 is 43.4 Å². The zero-order chi connectivity index (χ0) is 22.6. The summed E-state index contributed by atoms with van der Waals surface area (Å²) < 4.78 is 37.9. The molecule has 0 unspecified atom stereocenters. The highest BCUT2D eigenvalue weighted by Gasteiger charge is 2.38. The molecule has 0 aliphatic rings. The summed E-state index contributed by atoms with van der Waals surface area (Å²) in [6.45, 7) is 2.52. The van der Waals surface area contributed by atoms with E-state index in [0.717, 1.165) is 30.4 Å². The number of aliphatic hydroxyl groups excluding tert-OH is 2. The number of aliphatic hydroxyl groups is 2. The number of nitrogens with zero attached hydrogens (tertiary/aromatic N) is 1. The van der Waals surface area contributed by atoms with E-state index in [2.05, 4.69) is 26.3 Å². The van der Waals surface area contributed by atoms with E-state index in [1.807, 2.05) is 0 Å². The van der Waals surface area contributed by atoms with Crippen molar-refractivity contribution in [2.24, 2.45) is 0 Å². The molecule has 0 heterocycles. The second kappa shape index (κ2) is 13.3. The highest BCUT2D eigenvalue weighted by Crippen LogP contribution is 2.14. The maximum atomic E-state index is 10.6. The molecular weight excluding hydrogens is 420 g/mol. The zero-order valence-electron chi connectivity index (χ0n) is 18.0. The van der Waals surface area contributed by atoms with Crippen LogP contribution in [0.3, 0.4) is 0 Å². The predicted octanol–water partition coefficient (Wildman–Crippen LogP) is -1.17. The average molecular weight is 461 g/mol. The fourth-order valence-corrected chi connectivity index (χ4v) is 4.64. The Morgan fingerprint density at radius 1 is 1.07 bits per heavy atom. The first-order chi connectivity index (χ1) is 13.3. The van der Waals surface area contributed by atoms with Crippen LogP contribution in [0.2, 0.25) is 6.04 Å². The molecule has 0 atom stereocenters. The third kappa shape index (κ3) is 14.5. The van der Waals surface area contributed by atoms with Gasteiger partial charge in [-0.3, -0.25) is 0 Å². The molecule has 0 bridgehead atoms. The van der Waals surface area contributed by atoms with Crippen LogP contribution in [-0.2, 0) is 14.5 Å². The summed E-state index contributed by atoms with van der Waals surface area (Å²) in [5.74, 6) is -0.571. The van der Waals surface area contributed by atoms with E-state index in [-0.39, 0.29) is 25.6 Å². The molecule has 0 aromatic heterocycles. The molecule has 0 aliphatic carbocycles. The Balaban J connectivity index is 4.47. The molecule has 0 saturated carbocycles. The van der Waals surface area contributed by atoms with Crippen LogP contribution in [-0.4, -0.2) is 111 Å². The van der Waals surface area contributed by atoms with Crippen molar-refractivity contribution in [2.45, 2.75) is 50.6 Å². The van der Waals surface area contributed by atoms with Crippen molar-refractivity contribution in [3.8, 4) is 0 Å². The highest BCUT2D eigenvalue weighted by molar-refractivity contribution is 7.85. The first-order valence-electron chi connectivity index (χ1n) is 10.1. The molecule has 0 aromatic rings. The fraction of sp³-hybridized carbons (Fsp3) is 1.00. The minimum Gasteiger partial charge on any atom is -0.748 e. The molecule has 0 amide bonds. The Kier molecular flexibility index (Phi) is 13.2. The first-order valence-corrected chi connectivity index (χ1v) is 13.7. The lowest BCUT2D eigenvalue weighted by Gasteiger charge is -2.34. The molecule has 10 nitrogen and oxygen atoms in total. The largest absolute Gasteiger partial charge is 0.748 e. The van der Waals surface area contributed by atoms with E-state index >= 15 is 0 Å². The van der Waals surface area contributed by atoms with Crippen LogP contribution < -0.4 is 5.32 Å². The first kappa shape index (κ1) is 28.8. The van der Waals surface area contributed by atoms with Crippen molar-refractivity contribution in [3.05, 3.63) is 0 Å². The Hall–Kier alpha value is -0.153. The van der Waals surface area contributed by atoms with Crippen molar-refractivity contribution in [1.29, 1.82) is 0 Å². The molecule has 29 heavy (non-hydrogen) atoms. The number of quaternary nitrogens is 1. The second-order valence-corrected chi connectivity index (χ2v) is 12.2. The summed E-state index contributed by atoms with van der Waals surface area (Å²) in [5, 5.41) is 21.9. The third-order valence-corrected chi connectivity index (χ3v) is 7.29. The van der Waals surface area contributed by atoms with Crippen LogP contribution in [0, 0.1) is 0 Å². The van der Waals surface area contributed by atoms with Crippen LogP contribution in [0.1, 0.15) is 39.0 Å². The van der Waals surface area contributed by atoms with Crippen molar-refractivity contribution in [1.82, 2.24) is 5.32 Å². The van der Waals surface area contributed by atoms with E-state index in [1.54, 1.807) is 0 Å². The number of hydrogen-bond donors (Lipinski definition) is 5. The van der Waals surface area contributed by atoms with Gasteiger partial charge in [0.15, 0.2) is 0 Å². The van der Waals surface area contributed by atoms with Crippen molar-refractivity contribution in [3.63, 3.8) is 0 Å². The summed E-state index contributed by atoms with van der Waals surface area (Å²) in [6, 6.07) is 0.101. The van der Waals surface area contributed by atoms with Crippen LogP contribution in [0.5, 0.6) is 0 Å². The number of unbranched alkanes of at least 4 members (excludes halogenated alkanes) is 2. The van der Waals surface area contributed by atoms with Gasteiger partial charge in [-0.2, -0.15) is 0 Å². The molecular formula is C17H40N2O8SSi. The van der Waals surface area contributed by atoms with Gasteiger partial charge in [0.05, 0.1) is 62.7 Å². The quantitative estimate of drug-likeness (QED) is 0.0735. The van der Waals surface area contributed by atoms with Gasteiger partial charge >= 0.3 is 8.80 Å². The summed E-state index contributed by atoms with van der Waals surface area (Å²) in [4.78, 5) is 20.4. The SMILES string of the molecule is CCCCC[N+](C)(C)CCC[Si](O)(O)OCC(CO)(CO)NCCCS(=O)(=O)[O-]. The number of nitrogens with one attached hydrogen (secondary N) is 1. The third-order valence-electron chi connectivity index (χ3n) is 4.89. The minimum absolute atomic E-state index is 0.000560. The highest BCUT2D eigenvalue weighted by atomic mass is 32.2. The lowest BCUT2D eigenvalue weighted by atomic mass is 10.0. The van der Waals surface area contributed by atoms with Gasteiger partial charge in [-0.15, -0.1) is 0 Å². The van der Waals surface area contributed by atoms with Crippen LogP contribution in [0.25, 0.3) is 0 Å². The molecule has 0 radical (unpaired) electrons. The smallest absolute Gasteiger partial charge is 0.495 e. The van der Waals surface area contributed by atoms with Gasteiger partial charge in [0.25, 0.3) is 0 Å².